The van der Waals surface area contributed by atoms with E-state index in [2.05, 4.69) is 21.8 Å². The molecule has 41 heavy (non-hydrogen) atoms. The molecule has 2 atom stereocenters. The van der Waals surface area contributed by atoms with Crippen LogP contribution in [0.3, 0.4) is 0 Å². The number of benzene rings is 1. The van der Waals surface area contributed by atoms with Crippen molar-refractivity contribution >= 4 is 15.9 Å². The Labute approximate surface area is 243 Å². The summed E-state index contributed by atoms with van der Waals surface area (Å²) in [5.41, 5.74) is 1.54. The maximum Gasteiger partial charge on any atom is 0.275 e. The molecular formula is C30H43N5O5S. The highest BCUT2D eigenvalue weighted by atomic mass is 32.2. The van der Waals surface area contributed by atoms with Gasteiger partial charge in [-0.3, -0.25) is 9.69 Å². The molecule has 224 valence electrons. The quantitative estimate of drug-likeness (QED) is 0.466. The van der Waals surface area contributed by atoms with E-state index < -0.39 is 10.0 Å². The van der Waals surface area contributed by atoms with Gasteiger partial charge in [0.05, 0.1) is 18.6 Å². The van der Waals surface area contributed by atoms with E-state index in [1.165, 1.54) is 23.4 Å². The number of amides is 1. The first-order valence-electron chi connectivity index (χ1n) is 15.0. The molecule has 0 N–H and O–H groups in total. The molecule has 6 rings (SSSR count). The van der Waals surface area contributed by atoms with E-state index in [1.807, 2.05) is 4.90 Å². The zero-order valence-corrected chi connectivity index (χ0v) is 25.5. The molecule has 1 amide bonds. The highest BCUT2D eigenvalue weighted by Crippen LogP contribution is 2.37. The van der Waals surface area contributed by atoms with E-state index in [1.54, 1.807) is 33.1 Å². The van der Waals surface area contributed by atoms with Crippen LogP contribution in [0.5, 0.6) is 5.75 Å². The van der Waals surface area contributed by atoms with Crippen molar-refractivity contribution in [2.45, 2.75) is 69.5 Å². The van der Waals surface area contributed by atoms with Crippen molar-refractivity contribution in [1.29, 1.82) is 0 Å². The third-order valence-electron chi connectivity index (χ3n) is 9.58. The Hall–Kier alpha value is -2.47. The van der Waals surface area contributed by atoms with Crippen LogP contribution in [0, 0.1) is 25.7 Å². The zero-order valence-electron chi connectivity index (χ0n) is 24.7. The van der Waals surface area contributed by atoms with Crippen LogP contribution in [0.15, 0.2) is 27.7 Å². The van der Waals surface area contributed by atoms with Crippen LogP contribution in [-0.2, 0) is 16.6 Å². The van der Waals surface area contributed by atoms with Crippen molar-refractivity contribution < 1.29 is 22.4 Å². The second-order valence-electron chi connectivity index (χ2n) is 12.5. The number of aryl methyl sites for hydroxylation is 2. The molecule has 3 saturated heterocycles. The van der Waals surface area contributed by atoms with E-state index in [-0.39, 0.29) is 30.1 Å². The summed E-state index contributed by atoms with van der Waals surface area (Å²) < 4.78 is 40.2. The molecular weight excluding hydrogens is 542 g/mol. The van der Waals surface area contributed by atoms with Gasteiger partial charge in [0.2, 0.25) is 15.9 Å². The molecule has 1 aliphatic carbocycles. The Bertz CT molecular complexity index is 1360. The van der Waals surface area contributed by atoms with Crippen LogP contribution >= 0.6 is 0 Å². The second-order valence-corrected chi connectivity index (χ2v) is 14.4. The third kappa shape index (κ3) is 5.78. The van der Waals surface area contributed by atoms with Crippen LogP contribution in [0.1, 0.15) is 59.6 Å². The lowest BCUT2D eigenvalue weighted by molar-refractivity contribution is 0.0662. The number of fused-ring (bicyclic) bond motifs is 1. The minimum Gasteiger partial charge on any atom is -0.497 e. The van der Waals surface area contributed by atoms with Crippen molar-refractivity contribution in [3.05, 3.63) is 41.1 Å². The number of carbonyl (C=O) groups excluding carboxylic acids is 1. The molecule has 4 aliphatic rings. The van der Waals surface area contributed by atoms with Gasteiger partial charge in [-0.1, -0.05) is 0 Å². The van der Waals surface area contributed by atoms with Gasteiger partial charge in [0.1, 0.15) is 12.0 Å². The lowest BCUT2D eigenvalue weighted by atomic mass is 9.87. The Balaban J connectivity index is 1.12. The monoisotopic (exact) mass is 585 g/mol. The molecule has 10 nitrogen and oxygen atoms in total. The highest BCUT2D eigenvalue weighted by molar-refractivity contribution is 7.89. The van der Waals surface area contributed by atoms with Crippen molar-refractivity contribution in [2.75, 3.05) is 53.4 Å². The Morgan fingerprint density at radius 3 is 2.37 bits per heavy atom. The number of aromatic nitrogens is 1. The summed E-state index contributed by atoms with van der Waals surface area (Å²) in [5.74, 6) is 1.77. The van der Waals surface area contributed by atoms with E-state index in [9.17, 15) is 13.2 Å². The average molecular weight is 586 g/mol. The maximum atomic E-state index is 13.8. The molecule has 2 unspecified atom stereocenters. The number of oxazole rings is 1. The number of hydrogen-bond donors (Lipinski definition) is 0. The number of nitrogens with zero attached hydrogens (tertiary/aromatic N) is 5. The number of rotatable bonds is 8. The Kier molecular flexibility index (Phi) is 7.90. The second kappa shape index (κ2) is 11.3. The van der Waals surface area contributed by atoms with E-state index in [0.29, 0.717) is 39.6 Å². The van der Waals surface area contributed by atoms with E-state index in [0.717, 1.165) is 58.5 Å². The Morgan fingerprint density at radius 2 is 1.71 bits per heavy atom. The fourth-order valence-electron chi connectivity index (χ4n) is 7.16. The van der Waals surface area contributed by atoms with Crippen LogP contribution < -0.4 is 4.74 Å². The number of hydrogen-bond acceptors (Lipinski definition) is 8. The summed E-state index contributed by atoms with van der Waals surface area (Å²) in [6, 6.07) is 4.05. The lowest BCUT2D eigenvalue weighted by Gasteiger charge is -2.42. The van der Waals surface area contributed by atoms with Gasteiger partial charge in [0.25, 0.3) is 5.91 Å². The largest absolute Gasteiger partial charge is 0.497 e. The standard InChI is InChI=1S/C30H43N5O5S/c1-20-13-26(39-4)14-21(2)29(20)41(37,38)35(25-5-6-25)18-28-31-27(19-40-28)30(36)34-15-22-7-12-33(16-23(22)17-34)24-8-10-32(3)11-9-24/h13-14,19,22-25H,5-12,15-18H2,1-4H3. The van der Waals surface area contributed by atoms with Crippen LogP contribution in [0.25, 0.3) is 0 Å². The molecule has 1 aromatic heterocycles. The van der Waals surface area contributed by atoms with E-state index >= 15 is 0 Å². The number of ether oxygens (including phenoxy) is 1. The van der Waals surface area contributed by atoms with Gasteiger partial charge >= 0.3 is 0 Å². The summed E-state index contributed by atoms with van der Waals surface area (Å²) >= 11 is 0. The summed E-state index contributed by atoms with van der Waals surface area (Å²) in [7, 11) is -0.0372. The molecule has 1 aromatic carbocycles. The van der Waals surface area contributed by atoms with Crippen LogP contribution in [0.2, 0.25) is 0 Å². The molecule has 1 saturated carbocycles. The predicted octanol–water partition coefficient (Wildman–Crippen LogP) is 3.14. The lowest BCUT2D eigenvalue weighted by Crippen LogP contribution is -2.49. The number of methoxy groups -OCH3 is 1. The third-order valence-corrected chi connectivity index (χ3v) is 11.8. The molecule has 0 radical (unpaired) electrons. The summed E-state index contributed by atoms with van der Waals surface area (Å²) in [5, 5.41) is 0. The van der Waals surface area contributed by atoms with Crippen molar-refractivity contribution in [3.63, 3.8) is 0 Å². The molecule has 4 fully saturated rings. The zero-order chi connectivity index (χ0) is 28.9. The summed E-state index contributed by atoms with van der Waals surface area (Å²) in [4.78, 5) is 25.3. The van der Waals surface area contributed by atoms with Crippen molar-refractivity contribution in [1.82, 2.24) is 24.0 Å². The molecule has 4 heterocycles. The SMILES string of the molecule is COc1cc(C)c(S(=O)(=O)N(Cc2nc(C(=O)N3CC4CCN(C5CCN(C)CC5)CC4C3)co2)C2CC2)c(C)c1. The maximum absolute atomic E-state index is 13.8. The van der Waals surface area contributed by atoms with Gasteiger partial charge in [-0.25, -0.2) is 13.4 Å². The number of sulfonamides is 1. The van der Waals surface area contributed by atoms with Crippen LogP contribution in [-0.4, -0.2) is 104 Å². The van der Waals surface area contributed by atoms with Gasteiger partial charge < -0.3 is 19.0 Å². The van der Waals surface area contributed by atoms with Gasteiger partial charge in [0, 0.05) is 31.7 Å². The smallest absolute Gasteiger partial charge is 0.275 e. The van der Waals surface area contributed by atoms with Crippen molar-refractivity contribution in [2.24, 2.45) is 11.8 Å². The first kappa shape index (κ1) is 28.6. The molecule has 0 bridgehead atoms. The topological polar surface area (TPSA) is 99.4 Å². The summed E-state index contributed by atoms with van der Waals surface area (Å²) in [6.07, 6.45) is 6.57. The van der Waals surface area contributed by atoms with Gasteiger partial charge in [0.15, 0.2) is 5.69 Å². The minimum absolute atomic E-state index is 0.00196. The first-order valence-corrected chi connectivity index (χ1v) is 16.4. The number of carbonyl (C=O) groups is 1. The number of piperidine rings is 2. The predicted molar refractivity (Wildman–Crippen MR) is 154 cm³/mol. The summed E-state index contributed by atoms with van der Waals surface area (Å²) in [6.45, 7) is 9.57. The Morgan fingerprint density at radius 1 is 1.02 bits per heavy atom. The van der Waals surface area contributed by atoms with Gasteiger partial charge in [-0.05, 0) is 108 Å². The van der Waals surface area contributed by atoms with Gasteiger partial charge in [-0.2, -0.15) is 4.31 Å². The molecule has 2 aromatic rings. The fourth-order valence-corrected chi connectivity index (χ4v) is 9.21. The van der Waals surface area contributed by atoms with Crippen LogP contribution in [0.4, 0.5) is 0 Å². The normalized spacial score (nSPS) is 24.7. The average Bonchev–Trinajstić information content (AvgIpc) is 3.51. The fraction of sp³-hybridized carbons (Fsp3) is 0.667. The highest BCUT2D eigenvalue weighted by Gasteiger charge is 2.43. The molecule has 3 aliphatic heterocycles. The molecule has 0 spiro atoms. The number of likely N-dealkylation sites (tertiary alicyclic amines) is 3. The van der Waals surface area contributed by atoms with Crippen molar-refractivity contribution in [3.8, 4) is 5.75 Å². The molecule has 11 heteroatoms. The van der Waals surface area contributed by atoms with Gasteiger partial charge in [-0.15, -0.1) is 0 Å². The van der Waals surface area contributed by atoms with E-state index in [4.69, 9.17) is 9.15 Å². The first-order chi connectivity index (χ1) is 19.6. The minimum atomic E-state index is -3.81.